The lowest BCUT2D eigenvalue weighted by molar-refractivity contribution is 0.0204. The summed E-state index contributed by atoms with van der Waals surface area (Å²) in [4.78, 5) is 25.1. The van der Waals surface area contributed by atoms with Crippen LogP contribution in [0.25, 0.3) is 0 Å². The molecule has 0 saturated carbocycles. The van der Waals surface area contributed by atoms with Crippen molar-refractivity contribution in [2.75, 3.05) is 20.2 Å². The van der Waals surface area contributed by atoms with Crippen LogP contribution in [0.2, 0.25) is 0 Å². The average molecular weight is 335 g/mol. The van der Waals surface area contributed by atoms with Gasteiger partial charge in [0.2, 0.25) is 0 Å². The van der Waals surface area contributed by atoms with Gasteiger partial charge in [-0.3, -0.25) is 0 Å². The van der Waals surface area contributed by atoms with E-state index in [2.05, 4.69) is 0 Å². The zero-order valence-corrected chi connectivity index (χ0v) is 14.7. The summed E-state index contributed by atoms with van der Waals surface area (Å²) in [5.74, 6) is -0.224. The van der Waals surface area contributed by atoms with Crippen LogP contribution in [-0.2, 0) is 4.74 Å². The summed E-state index contributed by atoms with van der Waals surface area (Å²) in [7, 11) is 1.52. The van der Waals surface area contributed by atoms with Crippen molar-refractivity contribution in [3.8, 4) is 5.75 Å². The largest absolute Gasteiger partial charge is 0.497 e. The second-order valence-corrected chi connectivity index (χ2v) is 7.04. The van der Waals surface area contributed by atoms with E-state index in [-0.39, 0.29) is 17.6 Å². The Morgan fingerprint density at radius 2 is 1.79 bits per heavy atom. The second kappa shape index (κ2) is 7.11. The van der Waals surface area contributed by atoms with Crippen molar-refractivity contribution >= 4 is 12.1 Å². The number of methoxy groups -OCH3 is 1. The molecule has 1 fully saturated rings. The molecule has 0 bridgehead atoms. The molecule has 0 radical (unpaired) electrons. The quantitative estimate of drug-likeness (QED) is 0.915. The minimum atomic E-state index is -0.971. The van der Waals surface area contributed by atoms with Crippen molar-refractivity contribution in [2.24, 2.45) is 0 Å². The highest BCUT2D eigenvalue weighted by molar-refractivity contribution is 5.88. The van der Waals surface area contributed by atoms with E-state index in [1.807, 2.05) is 26.8 Å². The molecule has 132 valence electrons. The van der Waals surface area contributed by atoms with Crippen LogP contribution in [0.15, 0.2) is 18.2 Å². The summed E-state index contributed by atoms with van der Waals surface area (Å²) in [6, 6.07) is 5.08. The van der Waals surface area contributed by atoms with Gasteiger partial charge < -0.3 is 19.5 Å². The number of amides is 1. The number of carboxylic acids is 1. The third-order valence-corrected chi connectivity index (χ3v) is 4.03. The Bertz CT molecular complexity index is 612. The zero-order valence-electron chi connectivity index (χ0n) is 14.7. The van der Waals surface area contributed by atoms with Gasteiger partial charge >= 0.3 is 12.1 Å². The Morgan fingerprint density at radius 3 is 2.29 bits per heavy atom. The fraction of sp³-hybridized carbons (Fsp3) is 0.556. The van der Waals surface area contributed by atoms with E-state index in [1.54, 1.807) is 11.0 Å². The third-order valence-electron chi connectivity index (χ3n) is 4.03. The first-order valence-corrected chi connectivity index (χ1v) is 8.10. The van der Waals surface area contributed by atoms with Crippen LogP contribution in [0, 0.1) is 0 Å². The Hall–Kier alpha value is -2.24. The summed E-state index contributed by atoms with van der Waals surface area (Å²) < 4.78 is 10.6. The van der Waals surface area contributed by atoms with Crippen molar-refractivity contribution in [2.45, 2.75) is 45.1 Å². The average Bonchev–Trinajstić information content (AvgIpc) is 2.52. The number of hydrogen-bond acceptors (Lipinski definition) is 4. The van der Waals surface area contributed by atoms with E-state index in [4.69, 9.17) is 9.47 Å². The molecule has 1 aromatic rings. The molecule has 24 heavy (non-hydrogen) atoms. The molecule has 6 heteroatoms. The zero-order chi connectivity index (χ0) is 17.9. The number of carbonyl (C=O) groups excluding carboxylic acids is 1. The lowest BCUT2D eigenvalue weighted by Crippen LogP contribution is -2.41. The van der Waals surface area contributed by atoms with E-state index in [9.17, 15) is 14.7 Å². The predicted molar refractivity (Wildman–Crippen MR) is 89.7 cm³/mol. The first-order valence-electron chi connectivity index (χ1n) is 8.10. The lowest BCUT2D eigenvalue weighted by Gasteiger charge is -2.33. The number of nitrogens with zero attached hydrogens (tertiary/aromatic N) is 1. The first-order chi connectivity index (χ1) is 11.2. The molecule has 1 amide bonds. The maximum atomic E-state index is 12.1. The standard InChI is InChI=1S/C18H25NO5/c1-18(2,3)24-17(22)19-7-5-12(6-8-19)13-9-14(16(20)21)11-15(10-13)23-4/h9-12H,5-8H2,1-4H3,(H,20,21). The van der Waals surface area contributed by atoms with Crippen molar-refractivity contribution < 1.29 is 24.2 Å². The smallest absolute Gasteiger partial charge is 0.410 e. The highest BCUT2D eigenvalue weighted by atomic mass is 16.6. The highest BCUT2D eigenvalue weighted by Crippen LogP contribution is 2.31. The molecular weight excluding hydrogens is 310 g/mol. The summed E-state index contributed by atoms with van der Waals surface area (Å²) in [5.41, 5.74) is 0.659. The number of aromatic carboxylic acids is 1. The maximum Gasteiger partial charge on any atom is 0.410 e. The minimum absolute atomic E-state index is 0.205. The molecule has 0 atom stereocenters. The van der Waals surface area contributed by atoms with Crippen LogP contribution in [0.3, 0.4) is 0 Å². The van der Waals surface area contributed by atoms with E-state index in [0.717, 1.165) is 18.4 Å². The van der Waals surface area contributed by atoms with Gasteiger partial charge in [0.25, 0.3) is 0 Å². The normalized spacial score (nSPS) is 15.9. The van der Waals surface area contributed by atoms with Crippen LogP contribution in [-0.4, -0.2) is 47.9 Å². The van der Waals surface area contributed by atoms with Gasteiger partial charge in [-0.15, -0.1) is 0 Å². The number of ether oxygens (including phenoxy) is 2. The summed E-state index contributed by atoms with van der Waals surface area (Å²) in [5, 5.41) is 9.23. The Balaban J connectivity index is 2.05. The molecular formula is C18H25NO5. The maximum absolute atomic E-state index is 12.1. The molecule has 1 aliphatic heterocycles. The molecule has 1 aromatic carbocycles. The molecule has 1 N–H and O–H groups in total. The predicted octanol–water partition coefficient (Wildman–Crippen LogP) is 3.51. The van der Waals surface area contributed by atoms with Gasteiger partial charge in [0.1, 0.15) is 11.4 Å². The molecule has 0 spiro atoms. The van der Waals surface area contributed by atoms with Gasteiger partial charge in [0.15, 0.2) is 0 Å². The number of likely N-dealkylation sites (tertiary alicyclic amines) is 1. The molecule has 0 aromatic heterocycles. The van der Waals surface area contributed by atoms with Gasteiger partial charge in [-0.25, -0.2) is 9.59 Å². The van der Waals surface area contributed by atoms with Crippen LogP contribution in [0.1, 0.15) is 55.5 Å². The molecule has 0 unspecified atom stereocenters. The Kier molecular flexibility index (Phi) is 5.36. The molecule has 2 rings (SSSR count). The van der Waals surface area contributed by atoms with Gasteiger partial charge in [-0.2, -0.15) is 0 Å². The third kappa shape index (κ3) is 4.63. The van der Waals surface area contributed by atoms with Crippen molar-refractivity contribution in [3.63, 3.8) is 0 Å². The molecule has 6 nitrogen and oxygen atoms in total. The number of piperidine rings is 1. The Labute approximate surface area is 142 Å². The SMILES string of the molecule is COc1cc(C(=O)O)cc(C2CCN(C(=O)OC(C)(C)C)CC2)c1. The number of carboxylic acid groups (broad SMARTS) is 1. The number of benzene rings is 1. The lowest BCUT2D eigenvalue weighted by atomic mass is 9.88. The monoisotopic (exact) mass is 335 g/mol. The number of carbonyl (C=O) groups is 2. The second-order valence-electron chi connectivity index (χ2n) is 7.04. The van der Waals surface area contributed by atoms with Gasteiger partial charge in [-0.05, 0) is 63.3 Å². The van der Waals surface area contributed by atoms with E-state index >= 15 is 0 Å². The van der Waals surface area contributed by atoms with E-state index in [0.29, 0.717) is 18.8 Å². The van der Waals surface area contributed by atoms with Gasteiger partial charge in [0.05, 0.1) is 12.7 Å². The summed E-state index contributed by atoms with van der Waals surface area (Å²) in [6.07, 6.45) is 1.24. The fourth-order valence-corrected chi connectivity index (χ4v) is 2.82. The number of rotatable bonds is 3. The highest BCUT2D eigenvalue weighted by Gasteiger charge is 2.28. The summed E-state index contributed by atoms with van der Waals surface area (Å²) >= 11 is 0. The number of hydrogen-bond donors (Lipinski definition) is 1. The van der Waals surface area contributed by atoms with Gasteiger partial charge in [-0.1, -0.05) is 0 Å². The topological polar surface area (TPSA) is 76.1 Å². The molecule has 1 heterocycles. The van der Waals surface area contributed by atoms with Crippen LogP contribution < -0.4 is 4.74 Å². The van der Waals surface area contributed by atoms with Crippen LogP contribution in [0.4, 0.5) is 4.79 Å². The van der Waals surface area contributed by atoms with Gasteiger partial charge in [0, 0.05) is 13.1 Å². The fourth-order valence-electron chi connectivity index (χ4n) is 2.82. The van der Waals surface area contributed by atoms with Crippen LogP contribution >= 0.6 is 0 Å². The van der Waals surface area contributed by atoms with E-state index in [1.165, 1.54) is 13.2 Å². The molecule has 0 aliphatic carbocycles. The molecule has 1 saturated heterocycles. The Morgan fingerprint density at radius 1 is 1.17 bits per heavy atom. The van der Waals surface area contributed by atoms with Crippen molar-refractivity contribution in [3.05, 3.63) is 29.3 Å². The van der Waals surface area contributed by atoms with Crippen LogP contribution in [0.5, 0.6) is 5.75 Å². The molecule has 1 aliphatic rings. The minimum Gasteiger partial charge on any atom is -0.497 e. The summed E-state index contributed by atoms with van der Waals surface area (Å²) in [6.45, 7) is 6.74. The van der Waals surface area contributed by atoms with E-state index < -0.39 is 11.6 Å². The van der Waals surface area contributed by atoms with Crippen molar-refractivity contribution in [1.82, 2.24) is 4.90 Å². The first kappa shape index (κ1) is 18.1. The van der Waals surface area contributed by atoms with Crippen molar-refractivity contribution in [1.29, 1.82) is 0 Å².